The van der Waals surface area contributed by atoms with Gasteiger partial charge in [-0.05, 0) is 51.3 Å². The Labute approximate surface area is 113 Å². The molecular weight excluding hydrogens is 240 g/mol. The fourth-order valence-electron chi connectivity index (χ4n) is 2.72. The number of hydrogen-bond donors (Lipinski definition) is 1. The van der Waals surface area contributed by atoms with Crippen LogP contribution < -0.4 is 5.32 Å². The van der Waals surface area contributed by atoms with E-state index >= 15 is 0 Å². The van der Waals surface area contributed by atoms with E-state index in [1.807, 2.05) is 24.7 Å². The summed E-state index contributed by atoms with van der Waals surface area (Å²) in [5.74, 6) is 1.54. The van der Waals surface area contributed by atoms with Gasteiger partial charge in [0, 0.05) is 11.8 Å². The molecule has 0 aliphatic carbocycles. The average molecular weight is 260 g/mol. The molecule has 3 heterocycles. The van der Waals surface area contributed by atoms with Gasteiger partial charge in [0.2, 0.25) is 0 Å². The Morgan fingerprint density at radius 3 is 2.84 bits per heavy atom. The number of nitrogens with zero attached hydrogens (tertiary/aromatic N) is 3. The molecule has 0 amide bonds. The van der Waals surface area contributed by atoms with Crippen LogP contribution in [0.1, 0.15) is 41.3 Å². The van der Waals surface area contributed by atoms with Crippen molar-refractivity contribution in [1.82, 2.24) is 20.3 Å². The van der Waals surface area contributed by atoms with Gasteiger partial charge in [0.05, 0.1) is 18.4 Å². The highest BCUT2D eigenvalue weighted by Gasteiger charge is 2.17. The summed E-state index contributed by atoms with van der Waals surface area (Å²) in [5.41, 5.74) is 3.45. The Morgan fingerprint density at radius 2 is 2.16 bits per heavy atom. The number of hydrogen-bond acceptors (Lipinski definition) is 4. The Bertz CT molecular complexity index is 532. The molecule has 0 unspecified atom stereocenters. The molecule has 5 nitrogen and oxygen atoms in total. The highest BCUT2D eigenvalue weighted by atomic mass is 16.5. The summed E-state index contributed by atoms with van der Waals surface area (Å²) < 4.78 is 7.18. The zero-order valence-corrected chi connectivity index (χ0v) is 11.5. The summed E-state index contributed by atoms with van der Waals surface area (Å²) in [4.78, 5) is 0. The summed E-state index contributed by atoms with van der Waals surface area (Å²) in [6.07, 6.45) is 6.59. The largest absolute Gasteiger partial charge is 0.361 e. The Balaban J connectivity index is 1.74. The highest BCUT2D eigenvalue weighted by Crippen LogP contribution is 2.25. The molecule has 1 N–H and O–H groups in total. The van der Waals surface area contributed by atoms with Crippen LogP contribution in [0.3, 0.4) is 0 Å². The molecule has 1 aliphatic rings. The minimum atomic E-state index is 0.652. The molecule has 5 heteroatoms. The molecule has 0 spiro atoms. The predicted octanol–water partition coefficient (Wildman–Crippen LogP) is 2.00. The molecule has 1 fully saturated rings. The summed E-state index contributed by atoms with van der Waals surface area (Å²) in [7, 11) is 0. The van der Waals surface area contributed by atoms with Gasteiger partial charge in [0.25, 0.3) is 0 Å². The molecule has 0 radical (unpaired) electrons. The summed E-state index contributed by atoms with van der Waals surface area (Å²) in [6, 6.07) is 0. The van der Waals surface area contributed by atoms with E-state index in [0.717, 1.165) is 36.7 Å². The van der Waals surface area contributed by atoms with E-state index in [9.17, 15) is 0 Å². The quantitative estimate of drug-likeness (QED) is 0.917. The lowest BCUT2D eigenvalue weighted by Gasteiger charge is -2.21. The first-order chi connectivity index (χ1) is 9.24. The fraction of sp³-hybridized carbons (Fsp3) is 0.571. The van der Waals surface area contributed by atoms with Crippen molar-refractivity contribution in [3.05, 3.63) is 35.0 Å². The molecule has 2 aromatic rings. The Hall–Kier alpha value is -1.62. The van der Waals surface area contributed by atoms with Crippen LogP contribution in [-0.2, 0) is 6.54 Å². The van der Waals surface area contributed by atoms with Crippen LogP contribution in [0, 0.1) is 13.8 Å². The lowest BCUT2D eigenvalue weighted by molar-refractivity contribution is 0.391. The third kappa shape index (κ3) is 2.56. The van der Waals surface area contributed by atoms with Crippen molar-refractivity contribution in [1.29, 1.82) is 0 Å². The van der Waals surface area contributed by atoms with Gasteiger partial charge in [-0.2, -0.15) is 5.10 Å². The molecule has 0 aromatic carbocycles. The zero-order valence-electron chi connectivity index (χ0n) is 11.5. The van der Waals surface area contributed by atoms with Gasteiger partial charge in [-0.3, -0.25) is 4.68 Å². The van der Waals surface area contributed by atoms with Gasteiger partial charge in [0.15, 0.2) is 0 Å². The van der Waals surface area contributed by atoms with Crippen LogP contribution in [0.4, 0.5) is 0 Å². The van der Waals surface area contributed by atoms with Crippen molar-refractivity contribution in [2.45, 2.75) is 39.2 Å². The molecule has 2 aromatic heterocycles. The molecule has 3 rings (SSSR count). The fourth-order valence-corrected chi connectivity index (χ4v) is 2.72. The minimum absolute atomic E-state index is 0.652. The molecule has 0 bridgehead atoms. The van der Waals surface area contributed by atoms with E-state index in [4.69, 9.17) is 4.52 Å². The molecule has 102 valence electrons. The number of rotatable bonds is 3. The summed E-state index contributed by atoms with van der Waals surface area (Å²) in [6.45, 7) is 6.89. The van der Waals surface area contributed by atoms with E-state index in [-0.39, 0.29) is 0 Å². The standard InChI is InChI=1S/C14H20N4O/c1-10-14(11(2)19-17-10)9-18-8-13(7-16-18)12-3-5-15-6-4-12/h7-8,12,15H,3-6,9H2,1-2H3. The van der Waals surface area contributed by atoms with Gasteiger partial charge in [0.1, 0.15) is 5.76 Å². The topological polar surface area (TPSA) is 55.9 Å². The van der Waals surface area contributed by atoms with Gasteiger partial charge in [-0.15, -0.1) is 0 Å². The molecule has 1 saturated heterocycles. The third-order valence-corrected chi connectivity index (χ3v) is 3.97. The van der Waals surface area contributed by atoms with Crippen LogP contribution in [-0.4, -0.2) is 28.0 Å². The van der Waals surface area contributed by atoms with Crippen molar-refractivity contribution in [2.75, 3.05) is 13.1 Å². The summed E-state index contributed by atoms with van der Waals surface area (Å²) in [5, 5.41) is 11.9. The van der Waals surface area contributed by atoms with Crippen molar-refractivity contribution in [3.8, 4) is 0 Å². The molecule has 0 saturated carbocycles. The van der Waals surface area contributed by atoms with Crippen LogP contribution in [0.25, 0.3) is 0 Å². The van der Waals surface area contributed by atoms with Crippen LogP contribution in [0.2, 0.25) is 0 Å². The SMILES string of the molecule is Cc1noc(C)c1Cn1cc(C2CCNCC2)cn1. The molecular formula is C14H20N4O. The molecule has 1 aliphatic heterocycles. The smallest absolute Gasteiger partial charge is 0.138 e. The van der Waals surface area contributed by atoms with E-state index in [2.05, 4.69) is 21.8 Å². The third-order valence-electron chi connectivity index (χ3n) is 3.97. The lowest BCUT2D eigenvalue weighted by atomic mass is 9.93. The van der Waals surface area contributed by atoms with Crippen molar-refractivity contribution in [2.24, 2.45) is 0 Å². The number of nitrogens with one attached hydrogen (secondary N) is 1. The molecule has 0 atom stereocenters. The first-order valence-corrected chi connectivity index (χ1v) is 6.89. The monoisotopic (exact) mass is 260 g/mol. The van der Waals surface area contributed by atoms with E-state index in [1.165, 1.54) is 18.4 Å². The first kappa shape index (κ1) is 12.4. The second-order valence-electron chi connectivity index (χ2n) is 5.30. The van der Waals surface area contributed by atoms with Gasteiger partial charge in [-0.1, -0.05) is 5.16 Å². The summed E-state index contributed by atoms with van der Waals surface area (Å²) >= 11 is 0. The predicted molar refractivity (Wildman–Crippen MR) is 72.2 cm³/mol. The average Bonchev–Trinajstić information content (AvgIpc) is 3.02. The van der Waals surface area contributed by atoms with E-state index in [0.29, 0.717) is 5.92 Å². The maximum absolute atomic E-state index is 5.19. The zero-order chi connectivity index (χ0) is 13.2. The maximum atomic E-state index is 5.19. The maximum Gasteiger partial charge on any atom is 0.138 e. The van der Waals surface area contributed by atoms with Crippen LogP contribution in [0.5, 0.6) is 0 Å². The van der Waals surface area contributed by atoms with Crippen LogP contribution >= 0.6 is 0 Å². The number of piperidine rings is 1. The van der Waals surface area contributed by atoms with Crippen molar-refractivity contribution >= 4 is 0 Å². The lowest BCUT2D eigenvalue weighted by Crippen LogP contribution is -2.26. The van der Waals surface area contributed by atoms with Gasteiger partial charge >= 0.3 is 0 Å². The first-order valence-electron chi connectivity index (χ1n) is 6.89. The Morgan fingerprint density at radius 1 is 1.37 bits per heavy atom. The second kappa shape index (κ2) is 5.17. The van der Waals surface area contributed by atoms with Gasteiger partial charge < -0.3 is 9.84 Å². The van der Waals surface area contributed by atoms with Gasteiger partial charge in [-0.25, -0.2) is 0 Å². The minimum Gasteiger partial charge on any atom is -0.361 e. The van der Waals surface area contributed by atoms with E-state index in [1.54, 1.807) is 0 Å². The molecule has 19 heavy (non-hydrogen) atoms. The van der Waals surface area contributed by atoms with Crippen molar-refractivity contribution in [3.63, 3.8) is 0 Å². The van der Waals surface area contributed by atoms with Crippen LogP contribution in [0.15, 0.2) is 16.9 Å². The van der Waals surface area contributed by atoms with Crippen molar-refractivity contribution < 1.29 is 4.52 Å². The second-order valence-corrected chi connectivity index (χ2v) is 5.30. The normalized spacial score (nSPS) is 16.9. The number of aryl methyl sites for hydroxylation is 2. The number of aromatic nitrogens is 3. The van der Waals surface area contributed by atoms with E-state index < -0.39 is 0 Å². The Kier molecular flexibility index (Phi) is 3.38. The highest BCUT2D eigenvalue weighted by molar-refractivity contribution is 5.21.